The van der Waals surface area contributed by atoms with Crippen molar-refractivity contribution in [1.82, 2.24) is 9.80 Å². The lowest BCUT2D eigenvalue weighted by Crippen LogP contribution is -2.51. The molecule has 2 aromatic rings. The summed E-state index contributed by atoms with van der Waals surface area (Å²) >= 11 is 0. The maximum absolute atomic E-state index is 13.2. The molecule has 2 saturated heterocycles. The van der Waals surface area contributed by atoms with Gasteiger partial charge in [0.05, 0.1) is 18.8 Å². The molecule has 31 heavy (non-hydrogen) atoms. The zero-order chi connectivity index (χ0) is 21.6. The van der Waals surface area contributed by atoms with E-state index in [-0.39, 0.29) is 29.8 Å². The minimum atomic E-state index is -0.374. The highest BCUT2D eigenvalue weighted by Crippen LogP contribution is 2.18. The number of rotatable bonds is 6. The molecule has 0 aliphatic carbocycles. The van der Waals surface area contributed by atoms with Crippen LogP contribution in [0, 0.1) is 5.82 Å². The van der Waals surface area contributed by atoms with Crippen LogP contribution >= 0.6 is 0 Å². The van der Waals surface area contributed by atoms with E-state index in [1.807, 2.05) is 18.2 Å². The molecule has 2 fully saturated rings. The predicted octanol–water partition coefficient (Wildman–Crippen LogP) is 2.99. The Balaban J connectivity index is 1.44. The minimum absolute atomic E-state index is 0.0215. The van der Waals surface area contributed by atoms with Crippen LogP contribution in [0.4, 0.5) is 4.39 Å². The fourth-order valence-corrected chi connectivity index (χ4v) is 4.07. The molecule has 2 amide bonds. The molecular weight excluding hydrogens is 399 g/mol. The lowest BCUT2D eigenvalue weighted by Gasteiger charge is -2.36. The zero-order valence-corrected chi connectivity index (χ0v) is 17.4. The van der Waals surface area contributed by atoms with Crippen molar-refractivity contribution in [1.29, 1.82) is 0 Å². The fourth-order valence-electron chi connectivity index (χ4n) is 4.07. The largest absolute Gasteiger partial charge is 0.376 e. The molecule has 0 radical (unpaired) electrons. The summed E-state index contributed by atoms with van der Waals surface area (Å²) in [5, 5.41) is 0. The van der Waals surface area contributed by atoms with Crippen molar-refractivity contribution >= 4 is 11.8 Å². The molecule has 2 atom stereocenters. The van der Waals surface area contributed by atoms with Gasteiger partial charge in [0.25, 0.3) is 11.8 Å². The summed E-state index contributed by atoms with van der Waals surface area (Å²) in [6.07, 6.45) is 1.65. The summed E-state index contributed by atoms with van der Waals surface area (Å²) < 4.78 is 24.8. The van der Waals surface area contributed by atoms with E-state index in [9.17, 15) is 14.0 Å². The first-order chi connectivity index (χ1) is 15.1. The van der Waals surface area contributed by atoms with Gasteiger partial charge < -0.3 is 19.3 Å². The van der Waals surface area contributed by atoms with Crippen molar-refractivity contribution < 1.29 is 23.5 Å². The highest BCUT2D eigenvalue weighted by Gasteiger charge is 2.30. The van der Waals surface area contributed by atoms with Gasteiger partial charge in [0.15, 0.2) is 0 Å². The number of benzene rings is 2. The number of carbonyl (C=O) groups excluding carboxylic acids is 2. The molecule has 0 bridgehead atoms. The van der Waals surface area contributed by atoms with E-state index in [1.54, 1.807) is 21.9 Å². The maximum Gasteiger partial charge on any atom is 0.254 e. The van der Waals surface area contributed by atoms with Gasteiger partial charge in [0.1, 0.15) is 5.82 Å². The molecule has 0 saturated carbocycles. The van der Waals surface area contributed by atoms with E-state index >= 15 is 0 Å². The second-order valence-corrected chi connectivity index (χ2v) is 7.96. The zero-order valence-electron chi connectivity index (χ0n) is 17.4. The summed E-state index contributed by atoms with van der Waals surface area (Å²) in [5.74, 6) is -0.601. The van der Waals surface area contributed by atoms with Gasteiger partial charge in [-0.15, -0.1) is 0 Å². The third-order valence-corrected chi connectivity index (χ3v) is 5.70. The Morgan fingerprint density at radius 3 is 2.35 bits per heavy atom. The maximum atomic E-state index is 13.2. The van der Waals surface area contributed by atoms with Crippen LogP contribution in [-0.4, -0.2) is 73.2 Å². The second kappa shape index (κ2) is 10.0. The van der Waals surface area contributed by atoms with Crippen LogP contribution in [-0.2, 0) is 9.47 Å². The number of hydrogen-bond donors (Lipinski definition) is 0. The number of halogens is 1. The third-order valence-electron chi connectivity index (χ3n) is 5.70. The highest BCUT2D eigenvalue weighted by atomic mass is 19.1. The van der Waals surface area contributed by atoms with Crippen LogP contribution in [0.2, 0.25) is 0 Å². The van der Waals surface area contributed by atoms with Gasteiger partial charge in [-0.1, -0.05) is 18.2 Å². The lowest BCUT2D eigenvalue weighted by molar-refractivity contribution is -0.0375. The van der Waals surface area contributed by atoms with Crippen molar-refractivity contribution in [3.05, 3.63) is 71.5 Å². The molecule has 2 unspecified atom stereocenters. The predicted molar refractivity (Wildman–Crippen MR) is 113 cm³/mol. The topological polar surface area (TPSA) is 59.1 Å². The number of nitrogens with zero attached hydrogens (tertiary/aromatic N) is 2. The number of ether oxygens (including phenoxy) is 2. The standard InChI is InChI=1S/C24H27FN2O4/c25-20-10-8-19(9-11-20)23(28)26-12-14-31-22(16-26)17-27(15-21-7-4-13-30-21)24(29)18-5-2-1-3-6-18/h1-3,5-6,8-11,21-22H,4,7,12-17H2. The summed E-state index contributed by atoms with van der Waals surface area (Å²) in [4.78, 5) is 29.5. The Morgan fingerprint density at radius 1 is 0.935 bits per heavy atom. The number of morpholine rings is 1. The minimum Gasteiger partial charge on any atom is -0.376 e. The smallest absolute Gasteiger partial charge is 0.254 e. The summed E-state index contributed by atoms with van der Waals surface area (Å²) in [6, 6.07) is 14.7. The van der Waals surface area contributed by atoms with Crippen LogP contribution in [0.25, 0.3) is 0 Å². The Morgan fingerprint density at radius 2 is 1.65 bits per heavy atom. The molecule has 0 aromatic heterocycles. The molecule has 0 spiro atoms. The van der Waals surface area contributed by atoms with E-state index in [0.29, 0.717) is 43.9 Å². The van der Waals surface area contributed by atoms with Gasteiger partial charge in [0, 0.05) is 43.9 Å². The lowest BCUT2D eigenvalue weighted by atomic mass is 10.1. The van der Waals surface area contributed by atoms with Crippen molar-refractivity contribution in [3.8, 4) is 0 Å². The van der Waals surface area contributed by atoms with E-state index in [2.05, 4.69) is 0 Å². The Kier molecular flexibility index (Phi) is 6.94. The molecule has 164 valence electrons. The van der Waals surface area contributed by atoms with Gasteiger partial charge in [-0.25, -0.2) is 4.39 Å². The van der Waals surface area contributed by atoms with Gasteiger partial charge in [-0.05, 0) is 49.2 Å². The van der Waals surface area contributed by atoms with E-state index < -0.39 is 0 Å². The van der Waals surface area contributed by atoms with Crippen molar-refractivity contribution in [3.63, 3.8) is 0 Å². The van der Waals surface area contributed by atoms with E-state index in [0.717, 1.165) is 19.4 Å². The number of hydrogen-bond acceptors (Lipinski definition) is 4. The average Bonchev–Trinajstić information content (AvgIpc) is 3.32. The van der Waals surface area contributed by atoms with Crippen molar-refractivity contribution in [2.24, 2.45) is 0 Å². The van der Waals surface area contributed by atoms with E-state index in [4.69, 9.17) is 9.47 Å². The van der Waals surface area contributed by atoms with Gasteiger partial charge in [-0.2, -0.15) is 0 Å². The van der Waals surface area contributed by atoms with Gasteiger partial charge >= 0.3 is 0 Å². The van der Waals surface area contributed by atoms with Crippen LogP contribution in [0.5, 0.6) is 0 Å². The third kappa shape index (κ3) is 5.48. The number of amides is 2. The summed E-state index contributed by atoms with van der Waals surface area (Å²) in [6.45, 7) is 2.83. The molecule has 0 N–H and O–H groups in total. The molecule has 4 rings (SSSR count). The number of carbonyl (C=O) groups is 2. The van der Waals surface area contributed by atoms with Crippen LogP contribution in [0.15, 0.2) is 54.6 Å². The summed E-state index contributed by atoms with van der Waals surface area (Å²) in [5.41, 5.74) is 1.06. The normalized spacial score (nSPS) is 21.1. The summed E-state index contributed by atoms with van der Waals surface area (Å²) in [7, 11) is 0. The first-order valence-corrected chi connectivity index (χ1v) is 10.7. The monoisotopic (exact) mass is 426 g/mol. The molecule has 2 aromatic carbocycles. The quantitative estimate of drug-likeness (QED) is 0.713. The highest BCUT2D eigenvalue weighted by molar-refractivity contribution is 5.95. The molecule has 2 aliphatic rings. The fraction of sp³-hybridized carbons (Fsp3) is 0.417. The molecule has 2 heterocycles. The van der Waals surface area contributed by atoms with Crippen LogP contribution < -0.4 is 0 Å². The first kappa shape index (κ1) is 21.5. The van der Waals surface area contributed by atoms with E-state index in [1.165, 1.54) is 24.3 Å². The average molecular weight is 426 g/mol. The molecular formula is C24H27FN2O4. The van der Waals surface area contributed by atoms with Gasteiger partial charge in [-0.3, -0.25) is 9.59 Å². The van der Waals surface area contributed by atoms with Crippen LogP contribution in [0.1, 0.15) is 33.6 Å². The molecule has 7 heteroatoms. The first-order valence-electron chi connectivity index (χ1n) is 10.7. The Bertz CT molecular complexity index is 884. The SMILES string of the molecule is O=C(c1ccc(F)cc1)N1CCOC(CN(CC2CCCO2)C(=O)c2ccccc2)C1. The Labute approximate surface area is 181 Å². The molecule has 6 nitrogen and oxygen atoms in total. The Hall–Kier alpha value is -2.77. The van der Waals surface area contributed by atoms with Crippen molar-refractivity contribution in [2.75, 3.05) is 39.4 Å². The second-order valence-electron chi connectivity index (χ2n) is 7.96. The molecule has 2 aliphatic heterocycles. The van der Waals surface area contributed by atoms with Gasteiger partial charge in [0.2, 0.25) is 0 Å². The van der Waals surface area contributed by atoms with Crippen molar-refractivity contribution in [2.45, 2.75) is 25.0 Å². The van der Waals surface area contributed by atoms with Crippen LogP contribution in [0.3, 0.4) is 0 Å².